The topological polar surface area (TPSA) is 71.1 Å². The molecule has 0 saturated heterocycles. The lowest BCUT2D eigenvalue weighted by Gasteiger charge is -2.39. The lowest BCUT2D eigenvalue weighted by atomic mass is 9.68. The van der Waals surface area contributed by atoms with E-state index in [9.17, 15) is 9.59 Å². The minimum absolute atomic E-state index is 0.102. The van der Waals surface area contributed by atoms with Crippen molar-refractivity contribution in [1.29, 1.82) is 0 Å². The number of carbonyl (C=O) groups is 2. The van der Waals surface area contributed by atoms with E-state index in [0.717, 1.165) is 38.1 Å². The molecule has 3 aromatic rings. The van der Waals surface area contributed by atoms with Gasteiger partial charge in [-0.15, -0.1) is 0 Å². The number of allylic oxidation sites excluding steroid dienone is 3. The van der Waals surface area contributed by atoms with Crippen LogP contribution in [0.2, 0.25) is 0 Å². The Morgan fingerprint density at radius 1 is 1.18 bits per heavy atom. The van der Waals surface area contributed by atoms with Crippen LogP contribution in [0.1, 0.15) is 45.1 Å². The lowest BCUT2D eigenvalue weighted by Crippen LogP contribution is -2.39. The molecule has 0 bridgehead atoms. The molecule has 1 atom stereocenters. The molecule has 168 valence electrons. The van der Waals surface area contributed by atoms with E-state index in [0.29, 0.717) is 22.7 Å². The third kappa shape index (κ3) is 4.15. The van der Waals surface area contributed by atoms with Crippen molar-refractivity contribution in [3.05, 3.63) is 81.1 Å². The molecule has 0 saturated carbocycles. The number of anilines is 1. The number of aromatic nitrogens is 1. The average molecular weight is 522 g/mol. The summed E-state index contributed by atoms with van der Waals surface area (Å²) in [5.41, 5.74) is 4.64. The molecule has 5 nitrogen and oxygen atoms in total. The van der Waals surface area contributed by atoms with E-state index in [-0.39, 0.29) is 17.1 Å². The number of hydrogen-bond acceptors (Lipinski definition) is 5. The summed E-state index contributed by atoms with van der Waals surface area (Å²) < 4.78 is 1.94. The van der Waals surface area contributed by atoms with Crippen molar-refractivity contribution in [3.8, 4) is 0 Å². The summed E-state index contributed by atoms with van der Waals surface area (Å²) in [6, 6.07) is 15.7. The smallest absolute Gasteiger partial charge is 0.256 e. The maximum absolute atomic E-state index is 13.6. The largest absolute Gasteiger partial charge is 0.362 e. The fourth-order valence-electron chi connectivity index (χ4n) is 4.83. The Morgan fingerprint density at radius 3 is 2.70 bits per heavy atom. The van der Waals surface area contributed by atoms with E-state index >= 15 is 0 Å². The van der Waals surface area contributed by atoms with E-state index < -0.39 is 5.92 Å². The highest BCUT2D eigenvalue weighted by Crippen LogP contribution is 2.46. The Hall–Kier alpha value is -2.77. The monoisotopic (exact) mass is 521 g/mol. The number of amides is 1. The van der Waals surface area contributed by atoms with Gasteiger partial charge >= 0.3 is 0 Å². The summed E-state index contributed by atoms with van der Waals surface area (Å²) in [6.07, 6.45) is 1.24. The predicted octanol–water partition coefficient (Wildman–Crippen LogP) is 6.30. The molecule has 1 aliphatic carbocycles. The molecule has 1 aliphatic heterocycles. The Balaban J connectivity index is 1.56. The fourth-order valence-corrected chi connectivity index (χ4v) is 6.02. The van der Waals surface area contributed by atoms with E-state index in [4.69, 9.17) is 0 Å². The number of fused-ring (bicyclic) bond motifs is 1. The standard InChI is InChI=1S/C26H24BrN3O2S/c1-14-21(24(32)30-25-29-17-11-16(27)9-10-20(17)33-25)22(15-7-5-4-6-8-15)23-18(28-14)12-26(2,3)13-19(23)31/h4-11,22,28H,12-13H2,1-3H3,(H,29,30,32)/t22-/m1/s1. The fraction of sp³-hybridized carbons (Fsp3) is 0.269. The van der Waals surface area contributed by atoms with E-state index in [2.05, 4.69) is 45.4 Å². The summed E-state index contributed by atoms with van der Waals surface area (Å²) in [5, 5.41) is 6.95. The normalized spacial score (nSPS) is 20.0. The highest BCUT2D eigenvalue weighted by atomic mass is 79.9. The van der Waals surface area contributed by atoms with Gasteiger partial charge in [0, 0.05) is 39.4 Å². The molecule has 2 heterocycles. The van der Waals surface area contributed by atoms with Crippen LogP contribution in [0.4, 0.5) is 5.13 Å². The summed E-state index contributed by atoms with van der Waals surface area (Å²) in [5.74, 6) is -0.545. The Kier molecular flexibility index (Phi) is 5.49. The van der Waals surface area contributed by atoms with Crippen LogP contribution in [0.5, 0.6) is 0 Å². The summed E-state index contributed by atoms with van der Waals surface area (Å²) in [7, 11) is 0. The van der Waals surface area contributed by atoms with Gasteiger partial charge in [-0.05, 0) is 42.5 Å². The molecule has 1 amide bonds. The first kappa shape index (κ1) is 22.0. The summed E-state index contributed by atoms with van der Waals surface area (Å²) in [6.45, 7) is 6.14. The first-order valence-electron chi connectivity index (χ1n) is 10.9. The number of nitrogens with one attached hydrogen (secondary N) is 2. The number of nitrogens with zero attached hydrogens (tertiary/aromatic N) is 1. The van der Waals surface area contributed by atoms with Crippen LogP contribution >= 0.6 is 27.3 Å². The molecule has 33 heavy (non-hydrogen) atoms. The van der Waals surface area contributed by atoms with Gasteiger partial charge in [0.15, 0.2) is 10.9 Å². The molecule has 0 unspecified atom stereocenters. The van der Waals surface area contributed by atoms with Crippen LogP contribution in [0, 0.1) is 5.41 Å². The predicted molar refractivity (Wildman–Crippen MR) is 136 cm³/mol. The van der Waals surface area contributed by atoms with Gasteiger partial charge in [0.2, 0.25) is 0 Å². The first-order valence-corrected chi connectivity index (χ1v) is 12.5. The average Bonchev–Trinajstić information content (AvgIpc) is 3.13. The first-order chi connectivity index (χ1) is 15.7. The Bertz CT molecular complexity index is 1350. The zero-order valence-corrected chi connectivity index (χ0v) is 21.1. The van der Waals surface area contributed by atoms with Crippen molar-refractivity contribution in [2.75, 3.05) is 5.32 Å². The number of rotatable bonds is 3. The van der Waals surface area contributed by atoms with Crippen molar-refractivity contribution >= 4 is 54.3 Å². The number of benzene rings is 2. The zero-order valence-electron chi connectivity index (χ0n) is 18.7. The second-order valence-electron chi connectivity index (χ2n) is 9.43. The van der Waals surface area contributed by atoms with Crippen molar-refractivity contribution in [1.82, 2.24) is 10.3 Å². The molecule has 0 spiro atoms. The second-order valence-corrected chi connectivity index (χ2v) is 11.4. The number of hydrogen-bond donors (Lipinski definition) is 2. The molecular weight excluding hydrogens is 498 g/mol. The zero-order chi connectivity index (χ0) is 23.3. The summed E-state index contributed by atoms with van der Waals surface area (Å²) in [4.78, 5) is 31.6. The Morgan fingerprint density at radius 2 is 1.94 bits per heavy atom. The molecule has 0 radical (unpaired) electrons. The third-order valence-corrected chi connectivity index (χ3v) is 7.63. The molecule has 5 rings (SSSR count). The van der Waals surface area contributed by atoms with E-state index in [1.54, 1.807) is 0 Å². The van der Waals surface area contributed by atoms with Gasteiger partial charge < -0.3 is 5.32 Å². The minimum atomic E-state index is -0.408. The molecule has 0 fully saturated rings. The van der Waals surface area contributed by atoms with Gasteiger partial charge in [0.05, 0.1) is 10.2 Å². The van der Waals surface area contributed by atoms with Gasteiger partial charge in [0.1, 0.15) is 0 Å². The third-order valence-electron chi connectivity index (χ3n) is 6.19. The van der Waals surface area contributed by atoms with E-state index in [1.807, 2.05) is 55.5 Å². The van der Waals surface area contributed by atoms with Crippen molar-refractivity contribution in [2.45, 2.75) is 39.5 Å². The van der Waals surface area contributed by atoms with Crippen molar-refractivity contribution in [2.24, 2.45) is 5.41 Å². The highest BCUT2D eigenvalue weighted by Gasteiger charge is 2.42. The van der Waals surface area contributed by atoms with Gasteiger partial charge in [-0.3, -0.25) is 14.9 Å². The van der Waals surface area contributed by atoms with Crippen molar-refractivity contribution in [3.63, 3.8) is 0 Å². The maximum Gasteiger partial charge on any atom is 0.256 e. The van der Waals surface area contributed by atoms with Gasteiger partial charge in [-0.1, -0.05) is 71.4 Å². The van der Waals surface area contributed by atoms with Crippen LogP contribution in [0.3, 0.4) is 0 Å². The highest BCUT2D eigenvalue weighted by molar-refractivity contribution is 9.10. The van der Waals surface area contributed by atoms with E-state index in [1.165, 1.54) is 11.3 Å². The number of carbonyl (C=O) groups excluding carboxylic acids is 2. The molecule has 2 aromatic carbocycles. The molecule has 1 aromatic heterocycles. The number of thiazole rings is 1. The number of ketones is 1. The van der Waals surface area contributed by atoms with Crippen LogP contribution in [-0.4, -0.2) is 16.7 Å². The van der Waals surface area contributed by atoms with Crippen molar-refractivity contribution < 1.29 is 9.59 Å². The lowest BCUT2D eigenvalue weighted by molar-refractivity contribution is -0.118. The SMILES string of the molecule is CC1=C(C(=O)Nc2nc3cc(Br)ccc3s2)[C@@H](c2ccccc2)C2=C(CC(C)(C)CC2=O)N1. The van der Waals surface area contributed by atoms with Crippen LogP contribution in [0.25, 0.3) is 10.2 Å². The van der Waals surface area contributed by atoms with Crippen LogP contribution < -0.4 is 10.6 Å². The molecule has 2 aliphatic rings. The minimum Gasteiger partial charge on any atom is -0.362 e. The quantitative estimate of drug-likeness (QED) is 0.424. The number of dihydropyridines is 1. The number of Topliss-reactive ketones (excluding diaryl/α,β-unsaturated/α-hetero) is 1. The van der Waals surface area contributed by atoms with Crippen LogP contribution in [-0.2, 0) is 9.59 Å². The Labute approximate surface area is 205 Å². The van der Waals surface area contributed by atoms with Gasteiger partial charge in [-0.2, -0.15) is 0 Å². The van der Waals surface area contributed by atoms with Crippen LogP contribution in [0.15, 0.2) is 75.5 Å². The summed E-state index contributed by atoms with van der Waals surface area (Å²) >= 11 is 4.90. The maximum atomic E-state index is 13.6. The second kappa shape index (κ2) is 8.22. The van der Waals surface area contributed by atoms with Gasteiger partial charge in [0.25, 0.3) is 5.91 Å². The molecule has 2 N–H and O–H groups in total. The van der Waals surface area contributed by atoms with Gasteiger partial charge in [-0.25, -0.2) is 4.98 Å². The molecular formula is C26H24BrN3O2S. The number of halogens is 1. The molecule has 7 heteroatoms.